The maximum absolute atomic E-state index is 13.4. The number of non-ortho nitro benzene ring substituents is 1. The molecule has 0 aliphatic carbocycles. The van der Waals surface area contributed by atoms with Crippen molar-refractivity contribution in [3.63, 3.8) is 0 Å². The van der Waals surface area contributed by atoms with E-state index in [2.05, 4.69) is 5.32 Å². The van der Waals surface area contributed by atoms with Crippen LogP contribution in [-0.2, 0) is 4.79 Å². The molecule has 1 aromatic rings. The molecule has 0 aliphatic rings. The highest BCUT2D eigenvalue weighted by atomic mass is 19.1. The standard InChI is InChI=1S/C13H18FN3O3/c1-4-16(8-13(18)15-9(2)3)11-5-10(14)6-12(7-11)17(19)20/h5-7,9H,4,8H2,1-3H3,(H,15,18). The maximum Gasteiger partial charge on any atom is 0.274 e. The van der Waals surface area contributed by atoms with Gasteiger partial charge in [0.2, 0.25) is 5.91 Å². The summed E-state index contributed by atoms with van der Waals surface area (Å²) in [5.74, 6) is -0.911. The van der Waals surface area contributed by atoms with E-state index in [9.17, 15) is 19.3 Å². The number of nitrogens with one attached hydrogen (secondary N) is 1. The molecule has 110 valence electrons. The molecule has 6 nitrogen and oxygen atoms in total. The first-order valence-corrected chi connectivity index (χ1v) is 6.32. The molecule has 0 radical (unpaired) electrons. The average Bonchev–Trinajstić information content (AvgIpc) is 2.34. The van der Waals surface area contributed by atoms with E-state index in [0.29, 0.717) is 12.2 Å². The summed E-state index contributed by atoms with van der Waals surface area (Å²) in [6.45, 7) is 5.92. The highest BCUT2D eigenvalue weighted by molar-refractivity contribution is 5.81. The predicted molar refractivity (Wildman–Crippen MR) is 74.2 cm³/mol. The molecule has 1 rings (SSSR count). The van der Waals surface area contributed by atoms with Crippen LogP contribution in [0.2, 0.25) is 0 Å². The summed E-state index contributed by atoms with van der Waals surface area (Å²) < 4.78 is 13.4. The molecule has 0 heterocycles. The number of likely N-dealkylation sites (N-methyl/N-ethyl adjacent to an activating group) is 1. The first-order chi connectivity index (χ1) is 9.33. The first kappa shape index (κ1) is 15.9. The first-order valence-electron chi connectivity index (χ1n) is 6.32. The fourth-order valence-electron chi connectivity index (χ4n) is 1.77. The van der Waals surface area contributed by atoms with E-state index >= 15 is 0 Å². The monoisotopic (exact) mass is 283 g/mol. The van der Waals surface area contributed by atoms with Crippen LogP contribution in [-0.4, -0.2) is 30.0 Å². The second kappa shape index (κ2) is 6.83. The number of carbonyl (C=O) groups excluding carboxylic acids is 1. The largest absolute Gasteiger partial charge is 0.362 e. The van der Waals surface area contributed by atoms with Crippen molar-refractivity contribution in [2.24, 2.45) is 0 Å². The molecule has 0 unspecified atom stereocenters. The van der Waals surface area contributed by atoms with Gasteiger partial charge in [-0.15, -0.1) is 0 Å². The third-order valence-electron chi connectivity index (χ3n) is 2.61. The molecular formula is C13H18FN3O3. The van der Waals surface area contributed by atoms with Crippen molar-refractivity contribution in [1.82, 2.24) is 5.32 Å². The molecule has 0 aromatic heterocycles. The summed E-state index contributed by atoms with van der Waals surface area (Å²) in [6.07, 6.45) is 0. The van der Waals surface area contributed by atoms with Gasteiger partial charge in [0.1, 0.15) is 5.82 Å². The van der Waals surface area contributed by atoms with Gasteiger partial charge in [0.15, 0.2) is 0 Å². The average molecular weight is 283 g/mol. The Hall–Kier alpha value is -2.18. The molecule has 1 aromatic carbocycles. The number of halogens is 1. The van der Waals surface area contributed by atoms with Gasteiger partial charge in [-0.3, -0.25) is 14.9 Å². The summed E-state index contributed by atoms with van der Waals surface area (Å²) in [5, 5.41) is 13.4. The lowest BCUT2D eigenvalue weighted by Crippen LogP contribution is -2.40. The number of anilines is 1. The van der Waals surface area contributed by atoms with E-state index < -0.39 is 10.7 Å². The number of nitro groups is 1. The minimum absolute atomic E-state index is 0.00283. The van der Waals surface area contributed by atoms with Gasteiger partial charge < -0.3 is 10.2 Å². The molecule has 1 N–H and O–H groups in total. The Balaban J connectivity index is 2.94. The SMILES string of the molecule is CCN(CC(=O)NC(C)C)c1cc(F)cc([N+](=O)[O-])c1. The zero-order valence-electron chi connectivity index (χ0n) is 11.7. The van der Waals surface area contributed by atoms with Crippen LogP contribution in [0.4, 0.5) is 15.8 Å². The second-order valence-electron chi connectivity index (χ2n) is 4.66. The fraction of sp³-hybridized carbons (Fsp3) is 0.462. The van der Waals surface area contributed by atoms with Crippen molar-refractivity contribution in [3.8, 4) is 0 Å². The topological polar surface area (TPSA) is 75.5 Å². The van der Waals surface area contributed by atoms with E-state index in [1.54, 1.807) is 11.8 Å². The summed E-state index contributed by atoms with van der Waals surface area (Å²) in [7, 11) is 0. The van der Waals surface area contributed by atoms with Crippen LogP contribution < -0.4 is 10.2 Å². The molecule has 0 atom stereocenters. The highest BCUT2D eigenvalue weighted by Gasteiger charge is 2.16. The van der Waals surface area contributed by atoms with Crippen LogP contribution in [0.3, 0.4) is 0 Å². The summed E-state index contributed by atoms with van der Waals surface area (Å²) in [4.78, 5) is 23.4. The van der Waals surface area contributed by atoms with Gasteiger partial charge in [-0.05, 0) is 26.8 Å². The Morgan fingerprint density at radius 2 is 2.10 bits per heavy atom. The number of nitrogens with zero attached hydrogens (tertiary/aromatic N) is 2. The van der Waals surface area contributed by atoms with Gasteiger partial charge >= 0.3 is 0 Å². The fourth-order valence-corrected chi connectivity index (χ4v) is 1.77. The summed E-state index contributed by atoms with van der Waals surface area (Å²) in [6, 6.07) is 3.29. The van der Waals surface area contributed by atoms with E-state index in [4.69, 9.17) is 0 Å². The van der Waals surface area contributed by atoms with Gasteiger partial charge in [-0.1, -0.05) is 0 Å². The number of carbonyl (C=O) groups is 1. The molecule has 0 bridgehead atoms. The van der Waals surface area contributed by atoms with Crippen LogP contribution in [0.5, 0.6) is 0 Å². The Kier molecular flexibility index (Phi) is 5.42. The van der Waals surface area contributed by atoms with Crippen molar-refractivity contribution < 1.29 is 14.1 Å². The van der Waals surface area contributed by atoms with Gasteiger partial charge in [-0.25, -0.2) is 4.39 Å². The van der Waals surface area contributed by atoms with Crippen LogP contribution in [0, 0.1) is 15.9 Å². The molecule has 0 saturated carbocycles. The van der Waals surface area contributed by atoms with Crippen molar-refractivity contribution >= 4 is 17.3 Å². The molecular weight excluding hydrogens is 265 g/mol. The zero-order valence-corrected chi connectivity index (χ0v) is 11.7. The highest BCUT2D eigenvalue weighted by Crippen LogP contribution is 2.23. The third-order valence-corrected chi connectivity index (χ3v) is 2.61. The number of rotatable bonds is 6. The smallest absolute Gasteiger partial charge is 0.274 e. The number of nitro benzene ring substituents is 1. The summed E-state index contributed by atoms with van der Waals surface area (Å²) >= 11 is 0. The predicted octanol–water partition coefficient (Wildman–Crippen LogP) is 2.08. The number of amides is 1. The van der Waals surface area contributed by atoms with Crippen molar-refractivity contribution in [2.45, 2.75) is 26.8 Å². The molecule has 0 saturated heterocycles. The molecule has 0 spiro atoms. The molecule has 1 amide bonds. The van der Waals surface area contributed by atoms with Crippen LogP contribution >= 0.6 is 0 Å². The van der Waals surface area contributed by atoms with Crippen molar-refractivity contribution in [2.75, 3.05) is 18.0 Å². The van der Waals surface area contributed by atoms with Gasteiger partial charge in [0, 0.05) is 24.3 Å². The minimum atomic E-state index is -0.697. The maximum atomic E-state index is 13.4. The third kappa shape index (κ3) is 4.49. The molecule has 7 heteroatoms. The Bertz CT molecular complexity index is 506. The lowest BCUT2D eigenvalue weighted by Gasteiger charge is -2.23. The molecule has 0 fully saturated rings. The van der Waals surface area contributed by atoms with Crippen molar-refractivity contribution in [3.05, 3.63) is 34.1 Å². The zero-order chi connectivity index (χ0) is 15.3. The van der Waals surface area contributed by atoms with E-state index in [1.807, 2.05) is 13.8 Å². The molecule has 20 heavy (non-hydrogen) atoms. The Morgan fingerprint density at radius 1 is 1.45 bits per heavy atom. The molecule has 0 aliphatic heterocycles. The van der Waals surface area contributed by atoms with Crippen molar-refractivity contribution in [1.29, 1.82) is 0 Å². The minimum Gasteiger partial charge on any atom is -0.362 e. The number of hydrogen-bond donors (Lipinski definition) is 1. The number of hydrogen-bond acceptors (Lipinski definition) is 4. The Morgan fingerprint density at radius 3 is 2.60 bits per heavy atom. The quantitative estimate of drug-likeness (QED) is 0.640. The van der Waals surface area contributed by atoms with Gasteiger partial charge in [0.25, 0.3) is 5.69 Å². The lowest BCUT2D eigenvalue weighted by molar-refractivity contribution is -0.385. The van der Waals surface area contributed by atoms with Crippen LogP contribution in [0.1, 0.15) is 20.8 Å². The number of benzene rings is 1. The second-order valence-corrected chi connectivity index (χ2v) is 4.66. The lowest BCUT2D eigenvalue weighted by atomic mass is 10.2. The van der Waals surface area contributed by atoms with E-state index in [0.717, 1.165) is 6.07 Å². The summed E-state index contributed by atoms with van der Waals surface area (Å²) in [5.41, 5.74) is -0.0131. The van der Waals surface area contributed by atoms with Gasteiger partial charge in [-0.2, -0.15) is 0 Å². The van der Waals surface area contributed by atoms with Gasteiger partial charge in [0.05, 0.1) is 17.5 Å². The van der Waals surface area contributed by atoms with Crippen LogP contribution in [0.25, 0.3) is 0 Å². The Labute approximate surface area is 116 Å². The van der Waals surface area contributed by atoms with Crippen LogP contribution in [0.15, 0.2) is 18.2 Å². The van der Waals surface area contributed by atoms with E-state index in [-0.39, 0.29) is 24.2 Å². The normalized spacial score (nSPS) is 10.4. The van der Waals surface area contributed by atoms with E-state index in [1.165, 1.54) is 12.1 Å².